The second-order valence-electron chi connectivity index (χ2n) is 4.57. The summed E-state index contributed by atoms with van der Waals surface area (Å²) in [5, 5.41) is 0.914. The molecule has 1 heterocycles. The third-order valence-corrected chi connectivity index (χ3v) is 3.27. The molecule has 0 saturated heterocycles. The van der Waals surface area contributed by atoms with Crippen LogP contribution in [0.15, 0.2) is 54.6 Å². The predicted molar refractivity (Wildman–Crippen MR) is 79.8 cm³/mol. The Bertz CT molecular complexity index is 721. The van der Waals surface area contributed by atoms with Gasteiger partial charge in [0.05, 0.1) is 22.6 Å². The highest BCUT2D eigenvalue weighted by Crippen LogP contribution is 2.28. The first-order chi connectivity index (χ1) is 9.25. The molecule has 0 bridgehead atoms. The molecule has 0 amide bonds. The van der Waals surface area contributed by atoms with Crippen LogP contribution in [0, 0.1) is 0 Å². The van der Waals surface area contributed by atoms with Gasteiger partial charge in [0, 0.05) is 11.8 Å². The Kier molecular flexibility index (Phi) is 2.80. The van der Waals surface area contributed by atoms with Crippen LogP contribution in [0.3, 0.4) is 0 Å². The van der Waals surface area contributed by atoms with Crippen molar-refractivity contribution in [1.82, 2.24) is 4.98 Å². The molecule has 0 spiro atoms. The number of para-hydroxylation sites is 1. The van der Waals surface area contributed by atoms with E-state index in [9.17, 15) is 0 Å². The molecular formula is C16H15N3. The van der Waals surface area contributed by atoms with E-state index in [-0.39, 0.29) is 0 Å². The summed E-state index contributed by atoms with van der Waals surface area (Å²) in [6, 6.07) is 17.9. The number of rotatable bonds is 2. The summed E-state index contributed by atoms with van der Waals surface area (Å²) < 4.78 is 0. The third kappa shape index (κ3) is 2.10. The Labute approximate surface area is 111 Å². The van der Waals surface area contributed by atoms with Crippen LogP contribution >= 0.6 is 0 Å². The second-order valence-corrected chi connectivity index (χ2v) is 4.57. The van der Waals surface area contributed by atoms with Crippen molar-refractivity contribution in [3.05, 3.63) is 65.9 Å². The Morgan fingerprint density at radius 1 is 0.789 bits per heavy atom. The number of hydrogen-bond acceptors (Lipinski definition) is 3. The van der Waals surface area contributed by atoms with Crippen molar-refractivity contribution in [2.24, 2.45) is 0 Å². The van der Waals surface area contributed by atoms with E-state index in [4.69, 9.17) is 11.5 Å². The van der Waals surface area contributed by atoms with Gasteiger partial charge in [-0.15, -0.1) is 0 Å². The predicted octanol–water partition coefficient (Wildman–Crippen LogP) is 2.99. The Morgan fingerprint density at radius 3 is 2.26 bits per heavy atom. The maximum atomic E-state index is 6.11. The minimum atomic E-state index is 0.586. The summed E-state index contributed by atoms with van der Waals surface area (Å²) in [5.74, 6) is 0. The summed E-state index contributed by atoms with van der Waals surface area (Å²) >= 11 is 0. The summed E-state index contributed by atoms with van der Waals surface area (Å²) in [6.07, 6.45) is 0.696. The first-order valence-corrected chi connectivity index (χ1v) is 6.22. The molecule has 0 saturated carbocycles. The monoisotopic (exact) mass is 249 g/mol. The molecule has 94 valence electrons. The zero-order chi connectivity index (χ0) is 13.2. The minimum Gasteiger partial charge on any atom is -0.396 e. The standard InChI is InChI=1S/C16H15N3/c17-15-12-8-4-5-9-13(12)19-14(16(15)18)10-11-6-2-1-3-7-11/h1-9H,10,18H2,(H2,17,19). The van der Waals surface area contributed by atoms with Crippen molar-refractivity contribution in [1.29, 1.82) is 0 Å². The van der Waals surface area contributed by atoms with Crippen molar-refractivity contribution in [2.75, 3.05) is 11.5 Å². The number of pyridine rings is 1. The molecule has 0 aliphatic heterocycles. The molecule has 4 N–H and O–H groups in total. The molecular weight excluding hydrogens is 234 g/mol. The molecule has 0 atom stereocenters. The molecule has 3 rings (SSSR count). The molecule has 3 nitrogen and oxygen atoms in total. The number of aromatic nitrogens is 1. The van der Waals surface area contributed by atoms with Gasteiger partial charge >= 0.3 is 0 Å². The lowest BCUT2D eigenvalue weighted by Crippen LogP contribution is -2.04. The van der Waals surface area contributed by atoms with Crippen LogP contribution in [0.25, 0.3) is 10.9 Å². The Hall–Kier alpha value is -2.55. The topological polar surface area (TPSA) is 64.9 Å². The van der Waals surface area contributed by atoms with E-state index in [0.29, 0.717) is 17.8 Å². The average molecular weight is 249 g/mol. The van der Waals surface area contributed by atoms with Gasteiger partial charge in [0.25, 0.3) is 0 Å². The molecule has 0 radical (unpaired) electrons. The summed E-state index contributed by atoms with van der Waals surface area (Å²) in [7, 11) is 0. The van der Waals surface area contributed by atoms with Crippen LogP contribution < -0.4 is 11.5 Å². The van der Waals surface area contributed by atoms with Crippen molar-refractivity contribution in [3.8, 4) is 0 Å². The molecule has 0 aliphatic rings. The fourth-order valence-electron chi connectivity index (χ4n) is 2.23. The molecule has 19 heavy (non-hydrogen) atoms. The summed E-state index contributed by atoms with van der Waals surface area (Å²) in [6.45, 7) is 0. The summed E-state index contributed by atoms with van der Waals surface area (Å²) in [5.41, 5.74) is 16.3. The molecule has 1 aromatic heterocycles. The van der Waals surface area contributed by atoms with Crippen LogP contribution in [0.1, 0.15) is 11.3 Å². The van der Waals surface area contributed by atoms with Crippen molar-refractivity contribution >= 4 is 22.3 Å². The van der Waals surface area contributed by atoms with E-state index in [1.165, 1.54) is 5.56 Å². The maximum Gasteiger partial charge on any atom is 0.0777 e. The van der Waals surface area contributed by atoms with Crippen molar-refractivity contribution in [2.45, 2.75) is 6.42 Å². The number of anilines is 2. The molecule has 3 heteroatoms. The Balaban J connectivity index is 2.11. The zero-order valence-electron chi connectivity index (χ0n) is 10.5. The quantitative estimate of drug-likeness (QED) is 0.733. The zero-order valence-corrected chi connectivity index (χ0v) is 10.5. The second kappa shape index (κ2) is 4.61. The van der Waals surface area contributed by atoms with Gasteiger partial charge in [-0.1, -0.05) is 48.5 Å². The van der Waals surface area contributed by atoms with Gasteiger partial charge in [-0.25, -0.2) is 0 Å². The number of nitrogens with zero attached hydrogens (tertiary/aromatic N) is 1. The lowest BCUT2D eigenvalue weighted by molar-refractivity contribution is 1.11. The van der Waals surface area contributed by atoms with E-state index < -0.39 is 0 Å². The van der Waals surface area contributed by atoms with Gasteiger partial charge in [-0.3, -0.25) is 4.98 Å². The van der Waals surface area contributed by atoms with Gasteiger partial charge in [-0.2, -0.15) is 0 Å². The van der Waals surface area contributed by atoms with Gasteiger partial charge in [-0.05, 0) is 11.6 Å². The van der Waals surface area contributed by atoms with Gasteiger partial charge in [0.15, 0.2) is 0 Å². The van der Waals surface area contributed by atoms with Gasteiger partial charge in [0.2, 0.25) is 0 Å². The maximum absolute atomic E-state index is 6.11. The first kappa shape index (κ1) is 11.5. The highest BCUT2D eigenvalue weighted by molar-refractivity contribution is 5.96. The van der Waals surface area contributed by atoms with Crippen LogP contribution in [0.5, 0.6) is 0 Å². The van der Waals surface area contributed by atoms with Gasteiger partial charge < -0.3 is 11.5 Å². The molecule has 0 fully saturated rings. The first-order valence-electron chi connectivity index (χ1n) is 6.22. The normalized spacial score (nSPS) is 10.7. The van der Waals surface area contributed by atoms with Crippen LogP contribution in [-0.4, -0.2) is 4.98 Å². The SMILES string of the molecule is Nc1c(Cc2ccccc2)nc2ccccc2c1N. The van der Waals surface area contributed by atoms with E-state index in [0.717, 1.165) is 16.6 Å². The number of nitrogens with two attached hydrogens (primary N) is 2. The smallest absolute Gasteiger partial charge is 0.0777 e. The van der Waals surface area contributed by atoms with Crippen LogP contribution in [-0.2, 0) is 6.42 Å². The van der Waals surface area contributed by atoms with Crippen molar-refractivity contribution < 1.29 is 0 Å². The van der Waals surface area contributed by atoms with Gasteiger partial charge in [0.1, 0.15) is 0 Å². The van der Waals surface area contributed by atoms with Crippen molar-refractivity contribution in [3.63, 3.8) is 0 Å². The van der Waals surface area contributed by atoms with E-state index in [1.54, 1.807) is 0 Å². The number of benzene rings is 2. The molecule has 0 unspecified atom stereocenters. The number of hydrogen-bond donors (Lipinski definition) is 2. The number of nitrogen functional groups attached to an aromatic ring is 2. The molecule has 3 aromatic rings. The van der Waals surface area contributed by atoms with E-state index >= 15 is 0 Å². The third-order valence-electron chi connectivity index (χ3n) is 3.27. The minimum absolute atomic E-state index is 0.586. The largest absolute Gasteiger partial charge is 0.396 e. The van der Waals surface area contributed by atoms with E-state index in [1.807, 2.05) is 42.5 Å². The van der Waals surface area contributed by atoms with E-state index in [2.05, 4.69) is 17.1 Å². The summed E-state index contributed by atoms with van der Waals surface area (Å²) in [4.78, 5) is 4.63. The lowest BCUT2D eigenvalue weighted by Gasteiger charge is -2.11. The molecule has 2 aromatic carbocycles. The average Bonchev–Trinajstić information content (AvgIpc) is 2.46. The van der Waals surface area contributed by atoms with Crippen LogP contribution in [0.2, 0.25) is 0 Å². The fourth-order valence-corrected chi connectivity index (χ4v) is 2.23. The highest BCUT2D eigenvalue weighted by Gasteiger charge is 2.10. The Morgan fingerprint density at radius 2 is 1.47 bits per heavy atom. The lowest BCUT2D eigenvalue weighted by atomic mass is 10.1. The molecule has 0 aliphatic carbocycles. The highest BCUT2D eigenvalue weighted by atomic mass is 14.8. The number of fused-ring (bicyclic) bond motifs is 1. The fraction of sp³-hybridized carbons (Fsp3) is 0.0625. The van der Waals surface area contributed by atoms with Crippen LogP contribution in [0.4, 0.5) is 11.4 Å².